The minimum Gasteiger partial charge on any atom is -0.351 e. The number of amides is 1. The summed E-state index contributed by atoms with van der Waals surface area (Å²) in [6.45, 7) is 4.64. The number of hydrogen-bond donors (Lipinski definition) is 1. The predicted molar refractivity (Wildman–Crippen MR) is 114 cm³/mol. The van der Waals surface area contributed by atoms with E-state index in [1.807, 2.05) is 0 Å². The second-order valence-corrected chi connectivity index (χ2v) is 9.35. The first-order valence-electron chi connectivity index (χ1n) is 11.5. The van der Waals surface area contributed by atoms with Crippen LogP contribution in [0.2, 0.25) is 0 Å². The minimum atomic E-state index is -0.310. The van der Waals surface area contributed by atoms with Crippen molar-refractivity contribution in [3.8, 4) is 0 Å². The third-order valence-electron chi connectivity index (χ3n) is 7.46. The van der Waals surface area contributed by atoms with Gasteiger partial charge in [0.05, 0.1) is 5.41 Å². The van der Waals surface area contributed by atoms with E-state index in [1.54, 1.807) is 0 Å². The molecule has 1 aromatic carbocycles. The monoisotopic (exact) mass is 383 g/mol. The van der Waals surface area contributed by atoms with Crippen LogP contribution in [0.15, 0.2) is 30.3 Å². The van der Waals surface area contributed by atoms with E-state index in [0.29, 0.717) is 12.1 Å². The van der Waals surface area contributed by atoms with Crippen molar-refractivity contribution in [2.24, 2.45) is 0 Å². The number of benzene rings is 1. The Hall–Kier alpha value is -1.39. The standard InChI is InChI=1S/C24H37N3O/c1-26-17-12-22(13-18-26)27-16-8-11-21(19-27)25-23(28)24(14-6-3-7-15-24)20-9-4-2-5-10-20/h2,4-5,9-10,21-22H,3,6-8,11-19H2,1H3,(H,25,28)/t21-/m0/s1. The fourth-order valence-electron chi connectivity index (χ4n) is 5.70. The molecule has 4 nitrogen and oxygen atoms in total. The molecular weight excluding hydrogens is 346 g/mol. The number of carbonyl (C=O) groups excluding carboxylic acids is 1. The molecule has 2 heterocycles. The summed E-state index contributed by atoms with van der Waals surface area (Å²) in [6, 6.07) is 11.6. The summed E-state index contributed by atoms with van der Waals surface area (Å²) in [6.07, 6.45) is 10.4. The predicted octanol–water partition coefficient (Wildman–Crippen LogP) is 3.56. The smallest absolute Gasteiger partial charge is 0.230 e. The zero-order valence-corrected chi connectivity index (χ0v) is 17.5. The molecule has 154 valence electrons. The average molecular weight is 384 g/mol. The van der Waals surface area contributed by atoms with Gasteiger partial charge in [-0.2, -0.15) is 0 Å². The van der Waals surface area contributed by atoms with Gasteiger partial charge in [-0.1, -0.05) is 49.6 Å². The van der Waals surface area contributed by atoms with Crippen molar-refractivity contribution >= 4 is 5.91 Å². The van der Waals surface area contributed by atoms with Crippen molar-refractivity contribution in [2.75, 3.05) is 33.2 Å². The molecule has 2 saturated heterocycles. The molecule has 0 spiro atoms. The molecule has 2 aliphatic heterocycles. The van der Waals surface area contributed by atoms with E-state index in [9.17, 15) is 4.79 Å². The molecule has 28 heavy (non-hydrogen) atoms. The van der Waals surface area contributed by atoms with Gasteiger partial charge in [0.2, 0.25) is 5.91 Å². The van der Waals surface area contributed by atoms with Crippen molar-refractivity contribution < 1.29 is 4.79 Å². The largest absolute Gasteiger partial charge is 0.351 e. The van der Waals surface area contributed by atoms with Gasteiger partial charge >= 0.3 is 0 Å². The summed E-state index contributed by atoms with van der Waals surface area (Å²) >= 11 is 0. The van der Waals surface area contributed by atoms with Gasteiger partial charge < -0.3 is 10.2 Å². The number of nitrogens with one attached hydrogen (secondary N) is 1. The van der Waals surface area contributed by atoms with Gasteiger partial charge in [-0.05, 0) is 70.8 Å². The van der Waals surface area contributed by atoms with Gasteiger partial charge in [0.15, 0.2) is 0 Å². The molecule has 1 N–H and O–H groups in total. The van der Waals surface area contributed by atoms with E-state index < -0.39 is 0 Å². The van der Waals surface area contributed by atoms with Crippen molar-refractivity contribution in [3.05, 3.63) is 35.9 Å². The fourth-order valence-corrected chi connectivity index (χ4v) is 5.70. The Morgan fingerprint density at radius 2 is 1.68 bits per heavy atom. The molecular formula is C24H37N3O. The van der Waals surface area contributed by atoms with Crippen LogP contribution in [-0.2, 0) is 10.2 Å². The third-order valence-corrected chi connectivity index (χ3v) is 7.46. The molecule has 0 unspecified atom stereocenters. The molecule has 4 rings (SSSR count). The highest BCUT2D eigenvalue weighted by molar-refractivity contribution is 5.88. The van der Waals surface area contributed by atoms with Crippen LogP contribution < -0.4 is 5.32 Å². The molecule has 1 amide bonds. The average Bonchev–Trinajstić information content (AvgIpc) is 2.75. The molecule has 0 bridgehead atoms. The number of nitrogens with zero attached hydrogens (tertiary/aromatic N) is 2. The van der Waals surface area contributed by atoms with Crippen molar-refractivity contribution in [1.29, 1.82) is 0 Å². The summed E-state index contributed by atoms with van der Waals surface area (Å²) in [4.78, 5) is 18.7. The maximum absolute atomic E-state index is 13.6. The Labute approximate surface area is 170 Å². The minimum absolute atomic E-state index is 0.286. The molecule has 1 saturated carbocycles. The lowest BCUT2D eigenvalue weighted by atomic mass is 9.68. The SMILES string of the molecule is CN1CCC(N2CCC[C@H](NC(=O)C3(c4ccccc4)CCCCC3)C2)CC1. The first kappa shape index (κ1) is 19.9. The number of carbonyl (C=O) groups is 1. The number of hydrogen-bond acceptors (Lipinski definition) is 3. The summed E-state index contributed by atoms with van der Waals surface area (Å²) in [5.41, 5.74) is 0.908. The quantitative estimate of drug-likeness (QED) is 0.863. The van der Waals surface area contributed by atoms with Crippen LogP contribution >= 0.6 is 0 Å². The molecule has 1 aromatic rings. The maximum atomic E-state index is 13.6. The van der Waals surface area contributed by atoms with Crippen LogP contribution in [0.1, 0.15) is 63.4 Å². The number of piperidine rings is 2. The molecule has 3 aliphatic rings. The molecule has 1 atom stereocenters. The number of rotatable bonds is 4. The van der Waals surface area contributed by atoms with E-state index in [1.165, 1.54) is 50.9 Å². The molecule has 3 fully saturated rings. The summed E-state index contributed by atoms with van der Waals surface area (Å²) in [5, 5.41) is 3.51. The molecule has 0 radical (unpaired) electrons. The Kier molecular flexibility index (Phi) is 6.37. The Morgan fingerprint density at radius 3 is 2.39 bits per heavy atom. The highest BCUT2D eigenvalue weighted by Gasteiger charge is 2.42. The zero-order valence-electron chi connectivity index (χ0n) is 17.5. The van der Waals surface area contributed by atoms with Crippen molar-refractivity contribution in [2.45, 2.75) is 75.3 Å². The lowest BCUT2D eigenvalue weighted by Gasteiger charge is -2.43. The van der Waals surface area contributed by atoms with Gasteiger partial charge in [-0.3, -0.25) is 9.69 Å². The van der Waals surface area contributed by atoms with Crippen LogP contribution in [0.5, 0.6) is 0 Å². The summed E-state index contributed by atoms with van der Waals surface area (Å²) in [7, 11) is 2.22. The zero-order chi connectivity index (χ0) is 19.4. The van der Waals surface area contributed by atoms with Crippen LogP contribution in [0, 0.1) is 0 Å². The Balaban J connectivity index is 1.42. The van der Waals surface area contributed by atoms with Crippen LogP contribution in [0.25, 0.3) is 0 Å². The normalized spacial score (nSPS) is 27.4. The third kappa shape index (κ3) is 4.28. The highest BCUT2D eigenvalue weighted by Crippen LogP contribution is 2.40. The van der Waals surface area contributed by atoms with Gasteiger partial charge in [0, 0.05) is 18.6 Å². The molecule has 4 heteroatoms. The van der Waals surface area contributed by atoms with Crippen molar-refractivity contribution in [3.63, 3.8) is 0 Å². The molecule has 0 aromatic heterocycles. The Bertz CT molecular complexity index is 633. The van der Waals surface area contributed by atoms with Crippen LogP contribution in [0.3, 0.4) is 0 Å². The summed E-state index contributed by atoms with van der Waals surface area (Å²) < 4.78 is 0. The second kappa shape index (κ2) is 8.96. The van der Waals surface area contributed by atoms with E-state index in [2.05, 4.69) is 52.5 Å². The first-order valence-corrected chi connectivity index (χ1v) is 11.5. The van der Waals surface area contributed by atoms with Gasteiger partial charge in [-0.25, -0.2) is 0 Å². The van der Waals surface area contributed by atoms with Gasteiger partial charge in [0.25, 0.3) is 0 Å². The van der Waals surface area contributed by atoms with E-state index >= 15 is 0 Å². The van der Waals surface area contributed by atoms with Crippen molar-refractivity contribution in [1.82, 2.24) is 15.1 Å². The topological polar surface area (TPSA) is 35.6 Å². The Morgan fingerprint density at radius 1 is 0.964 bits per heavy atom. The lowest BCUT2D eigenvalue weighted by molar-refractivity contribution is -0.129. The van der Waals surface area contributed by atoms with Crippen LogP contribution in [-0.4, -0.2) is 61.0 Å². The highest BCUT2D eigenvalue weighted by atomic mass is 16.2. The van der Waals surface area contributed by atoms with Gasteiger partial charge in [-0.15, -0.1) is 0 Å². The maximum Gasteiger partial charge on any atom is 0.230 e. The van der Waals surface area contributed by atoms with Gasteiger partial charge in [0.1, 0.15) is 0 Å². The fraction of sp³-hybridized carbons (Fsp3) is 0.708. The van der Waals surface area contributed by atoms with E-state index in [-0.39, 0.29) is 11.3 Å². The van der Waals surface area contributed by atoms with E-state index in [4.69, 9.17) is 0 Å². The summed E-state index contributed by atoms with van der Waals surface area (Å²) in [5.74, 6) is 0.286. The first-order chi connectivity index (χ1) is 13.7. The van der Waals surface area contributed by atoms with Crippen LogP contribution in [0.4, 0.5) is 0 Å². The van der Waals surface area contributed by atoms with E-state index in [0.717, 1.165) is 38.6 Å². The lowest BCUT2D eigenvalue weighted by Crippen LogP contribution is -2.56. The second-order valence-electron chi connectivity index (χ2n) is 9.35. The number of likely N-dealkylation sites (tertiary alicyclic amines) is 2. The molecule has 1 aliphatic carbocycles.